The molecule has 70 valence electrons. The van der Waals surface area contributed by atoms with Crippen molar-refractivity contribution < 1.29 is 0 Å². The number of nitrogens with one attached hydrogen (secondary N) is 2. The molecule has 2 rings (SSSR count). The maximum absolute atomic E-state index is 10.9. The highest BCUT2D eigenvalue weighted by atomic mass is 16.2. The Labute approximate surface area is 77.7 Å². The number of rotatable bonds is 1. The molecule has 2 N–H and O–H groups in total. The van der Waals surface area contributed by atoms with Crippen LogP contribution >= 0.6 is 0 Å². The van der Waals surface area contributed by atoms with Gasteiger partial charge in [0, 0.05) is 18.0 Å². The van der Waals surface area contributed by atoms with Gasteiger partial charge in [-0.05, 0) is 12.1 Å². The summed E-state index contributed by atoms with van der Waals surface area (Å²) in [6.07, 6.45) is 3.10. The van der Waals surface area contributed by atoms with Gasteiger partial charge in [-0.25, -0.2) is 9.59 Å². The van der Waals surface area contributed by atoms with Crippen molar-refractivity contribution in [2.75, 3.05) is 0 Å². The minimum Gasteiger partial charge on any atom is -0.291 e. The molecule has 0 radical (unpaired) electrons. The first-order valence-electron chi connectivity index (χ1n) is 3.87. The average molecular weight is 190 g/mol. The molecule has 0 aliphatic carbocycles. The molecule has 0 spiro atoms. The van der Waals surface area contributed by atoms with E-state index in [4.69, 9.17) is 0 Å². The molecule has 14 heavy (non-hydrogen) atoms. The smallest absolute Gasteiger partial charge is 0.291 e. The Bertz CT molecular complexity index is 515. The quantitative estimate of drug-likeness (QED) is 0.635. The highest BCUT2D eigenvalue weighted by Crippen LogP contribution is 2.08. The van der Waals surface area contributed by atoms with E-state index in [-0.39, 0.29) is 5.82 Å². The molecular weight excluding hydrogens is 184 g/mol. The first-order valence-corrected chi connectivity index (χ1v) is 3.87. The van der Waals surface area contributed by atoms with E-state index in [9.17, 15) is 9.59 Å². The number of hydrogen-bond acceptors (Lipinski definition) is 4. The Morgan fingerprint density at radius 3 is 2.43 bits per heavy atom. The summed E-state index contributed by atoms with van der Waals surface area (Å²) in [6.45, 7) is 0. The summed E-state index contributed by atoms with van der Waals surface area (Å²) in [5, 5.41) is 0. The van der Waals surface area contributed by atoms with E-state index in [0.29, 0.717) is 5.56 Å². The molecule has 2 aromatic heterocycles. The second kappa shape index (κ2) is 3.25. The second-order valence-electron chi connectivity index (χ2n) is 2.58. The molecule has 2 heterocycles. The molecule has 0 aliphatic heterocycles. The van der Waals surface area contributed by atoms with Crippen LogP contribution in [0, 0.1) is 0 Å². The van der Waals surface area contributed by atoms with Crippen LogP contribution in [0.5, 0.6) is 0 Å². The number of nitrogens with zero attached hydrogens (tertiary/aromatic N) is 2. The predicted molar refractivity (Wildman–Crippen MR) is 48.7 cm³/mol. The molecule has 0 saturated heterocycles. The van der Waals surface area contributed by atoms with E-state index in [1.807, 2.05) is 4.98 Å². The standard InChI is InChI=1S/C8H6N4O2/c13-7-10-6(11-8(14)12-7)5-1-3-9-4-2-5/h1-4H,(H2,10,11,12,13,14). The SMILES string of the molecule is O=c1nc(-c2ccncc2)[nH]c(=O)[nH]1. The van der Waals surface area contributed by atoms with Gasteiger partial charge in [0.2, 0.25) is 0 Å². The van der Waals surface area contributed by atoms with E-state index in [1.54, 1.807) is 24.5 Å². The van der Waals surface area contributed by atoms with Crippen molar-refractivity contribution in [2.45, 2.75) is 0 Å². The Morgan fingerprint density at radius 2 is 1.79 bits per heavy atom. The number of H-pyrrole nitrogens is 2. The molecular formula is C8H6N4O2. The maximum Gasteiger partial charge on any atom is 0.351 e. The van der Waals surface area contributed by atoms with Gasteiger partial charge in [0.1, 0.15) is 5.82 Å². The van der Waals surface area contributed by atoms with E-state index < -0.39 is 11.4 Å². The monoisotopic (exact) mass is 190 g/mol. The van der Waals surface area contributed by atoms with Crippen molar-refractivity contribution in [3.05, 3.63) is 45.5 Å². The Balaban J connectivity index is 2.64. The van der Waals surface area contributed by atoms with Gasteiger partial charge < -0.3 is 0 Å². The maximum atomic E-state index is 10.9. The minimum atomic E-state index is -0.666. The fourth-order valence-electron chi connectivity index (χ4n) is 1.04. The Hall–Kier alpha value is -2.24. The van der Waals surface area contributed by atoms with Gasteiger partial charge in [-0.3, -0.25) is 15.0 Å². The summed E-state index contributed by atoms with van der Waals surface area (Å²) < 4.78 is 0. The van der Waals surface area contributed by atoms with Gasteiger partial charge in [-0.15, -0.1) is 0 Å². The highest BCUT2D eigenvalue weighted by molar-refractivity contribution is 5.52. The van der Waals surface area contributed by atoms with E-state index >= 15 is 0 Å². The van der Waals surface area contributed by atoms with Crippen LogP contribution in [0.4, 0.5) is 0 Å². The molecule has 0 unspecified atom stereocenters. The zero-order chi connectivity index (χ0) is 9.97. The molecule has 0 fully saturated rings. The normalized spacial score (nSPS) is 10.0. The van der Waals surface area contributed by atoms with Crippen molar-refractivity contribution >= 4 is 0 Å². The zero-order valence-corrected chi connectivity index (χ0v) is 7.02. The summed E-state index contributed by atoms with van der Waals surface area (Å²) >= 11 is 0. The fourth-order valence-corrected chi connectivity index (χ4v) is 1.04. The number of hydrogen-bond donors (Lipinski definition) is 2. The second-order valence-corrected chi connectivity index (χ2v) is 2.58. The van der Waals surface area contributed by atoms with Gasteiger partial charge >= 0.3 is 11.4 Å². The van der Waals surface area contributed by atoms with E-state index in [1.165, 1.54) is 0 Å². The molecule has 2 aromatic rings. The Kier molecular flexibility index (Phi) is 1.94. The van der Waals surface area contributed by atoms with Crippen LogP contribution in [0.1, 0.15) is 0 Å². The van der Waals surface area contributed by atoms with Crippen molar-refractivity contribution in [2.24, 2.45) is 0 Å². The third-order valence-corrected chi connectivity index (χ3v) is 1.62. The molecule has 0 atom stereocenters. The van der Waals surface area contributed by atoms with Gasteiger partial charge in [0.05, 0.1) is 0 Å². The minimum absolute atomic E-state index is 0.237. The van der Waals surface area contributed by atoms with E-state index in [0.717, 1.165) is 0 Å². The lowest BCUT2D eigenvalue weighted by Crippen LogP contribution is -2.25. The van der Waals surface area contributed by atoms with Gasteiger partial charge in [0.25, 0.3) is 0 Å². The summed E-state index contributed by atoms with van der Waals surface area (Å²) in [6, 6.07) is 3.30. The zero-order valence-electron chi connectivity index (χ0n) is 7.02. The van der Waals surface area contributed by atoms with Crippen molar-refractivity contribution in [1.82, 2.24) is 19.9 Å². The third kappa shape index (κ3) is 1.58. The van der Waals surface area contributed by atoms with Crippen molar-refractivity contribution in [3.63, 3.8) is 0 Å². The van der Waals surface area contributed by atoms with Crippen molar-refractivity contribution in [3.8, 4) is 11.4 Å². The van der Waals surface area contributed by atoms with Crippen LogP contribution < -0.4 is 11.4 Å². The average Bonchev–Trinajstić information content (AvgIpc) is 2.18. The van der Waals surface area contributed by atoms with Crippen LogP contribution in [0.3, 0.4) is 0 Å². The summed E-state index contributed by atoms with van der Waals surface area (Å²) in [5.74, 6) is 0.237. The molecule has 6 heteroatoms. The lowest BCUT2D eigenvalue weighted by Gasteiger charge is -1.96. The Morgan fingerprint density at radius 1 is 1.07 bits per heavy atom. The van der Waals surface area contributed by atoms with E-state index in [2.05, 4.69) is 15.0 Å². The summed E-state index contributed by atoms with van der Waals surface area (Å²) in [5.41, 5.74) is -0.597. The fraction of sp³-hybridized carbons (Fsp3) is 0. The molecule has 0 aromatic carbocycles. The van der Waals surface area contributed by atoms with Crippen LogP contribution in [0.15, 0.2) is 34.1 Å². The van der Waals surface area contributed by atoms with Crippen LogP contribution in [0.2, 0.25) is 0 Å². The van der Waals surface area contributed by atoms with Crippen LogP contribution in [-0.2, 0) is 0 Å². The van der Waals surface area contributed by atoms with Gasteiger partial charge in [-0.1, -0.05) is 0 Å². The van der Waals surface area contributed by atoms with Gasteiger partial charge in [-0.2, -0.15) is 4.98 Å². The third-order valence-electron chi connectivity index (χ3n) is 1.62. The number of aromatic nitrogens is 4. The molecule has 6 nitrogen and oxygen atoms in total. The first kappa shape index (κ1) is 8.36. The largest absolute Gasteiger partial charge is 0.351 e. The van der Waals surface area contributed by atoms with Crippen LogP contribution in [-0.4, -0.2) is 19.9 Å². The summed E-state index contributed by atoms with van der Waals surface area (Å²) in [7, 11) is 0. The highest BCUT2D eigenvalue weighted by Gasteiger charge is 2.00. The summed E-state index contributed by atoms with van der Waals surface area (Å²) in [4.78, 5) is 33.6. The van der Waals surface area contributed by atoms with Crippen molar-refractivity contribution in [1.29, 1.82) is 0 Å². The molecule has 0 saturated carbocycles. The number of pyridine rings is 1. The molecule has 0 aliphatic rings. The lowest BCUT2D eigenvalue weighted by molar-refractivity contribution is 0.942. The molecule has 0 bridgehead atoms. The van der Waals surface area contributed by atoms with Crippen LogP contribution in [0.25, 0.3) is 11.4 Å². The number of aromatic amines is 2. The van der Waals surface area contributed by atoms with Gasteiger partial charge in [0.15, 0.2) is 0 Å². The first-order chi connectivity index (χ1) is 6.75. The lowest BCUT2D eigenvalue weighted by atomic mass is 10.2. The predicted octanol–water partition coefficient (Wildman–Crippen LogP) is -0.480. The topological polar surface area (TPSA) is 91.5 Å². The molecule has 0 amide bonds.